The molecule has 0 radical (unpaired) electrons. The SMILES string of the molecule is Cc1ccc(NC(=O)[C@H](C)OC(=O)c2ccc[nH]2)cc1F. The molecule has 0 aliphatic carbocycles. The highest BCUT2D eigenvalue weighted by Crippen LogP contribution is 2.14. The molecule has 21 heavy (non-hydrogen) atoms. The molecule has 0 saturated heterocycles. The van der Waals surface area contributed by atoms with E-state index in [1.54, 1.807) is 37.4 Å². The van der Waals surface area contributed by atoms with E-state index in [2.05, 4.69) is 10.3 Å². The van der Waals surface area contributed by atoms with E-state index in [0.29, 0.717) is 11.3 Å². The van der Waals surface area contributed by atoms with E-state index in [1.807, 2.05) is 0 Å². The highest BCUT2D eigenvalue weighted by Gasteiger charge is 2.19. The number of hydrogen-bond donors (Lipinski definition) is 2. The molecular weight excluding hydrogens is 275 g/mol. The minimum absolute atomic E-state index is 0.260. The third-order valence-electron chi connectivity index (χ3n) is 2.91. The van der Waals surface area contributed by atoms with E-state index in [4.69, 9.17) is 4.74 Å². The van der Waals surface area contributed by atoms with Gasteiger partial charge in [-0.2, -0.15) is 0 Å². The number of aromatic nitrogens is 1. The molecule has 1 atom stereocenters. The van der Waals surface area contributed by atoms with Crippen molar-refractivity contribution in [3.8, 4) is 0 Å². The van der Waals surface area contributed by atoms with E-state index >= 15 is 0 Å². The lowest BCUT2D eigenvalue weighted by Crippen LogP contribution is -2.30. The topological polar surface area (TPSA) is 71.2 Å². The second kappa shape index (κ2) is 6.21. The van der Waals surface area contributed by atoms with E-state index in [-0.39, 0.29) is 5.69 Å². The molecule has 1 aromatic heterocycles. The van der Waals surface area contributed by atoms with Crippen molar-refractivity contribution in [1.29, 1.82) is 0 Å². The quantitative estimate of drug-likeness (QED) is 0.850. The Kier molecular flexibility index (Phi) is 4.37. The Morgan fingerprint density at radius 2 is 2.10 bits per heavy atom. The molecular formula is C15H15FN2O3. The number of aromatic amines is 1. The van der Waals surface area contributed by atoms with Gasteiger partial charge in [0.1, 0.15) is 11.5 Å². The molecule has 1 amide bonds. The van der Waals surface area contributed by atoms with Crippen molar-refractivity contribution in [3.05, 3.63) is 53.6 Å². The van der Waals surface area contributed by atoms with Crippen LogP contribution in [0.15, 0.2) is 36.5 Å². The van der Waals surface area contributed by atoms with Crippen molar-refractivity contribution in [2.24, 2.45) is 0 Å². The van der Waals surface area contributed by atoms with Crippen LogP contribution in [0.2, 0.25) is 0 Å². The highest BCUT2D eigenvalue weighted by molar-refractivity contribution is 5.96. The maximum absolute atomic E-state index is 13.4. The van der Waals surface area contributed by atoms with E-state index in [9.17, 15) is 14.0 Å². The van der Waals surface area contributed by atoms with E-state index < -0.39 is 23.8 Å². The first-order valence-electron chi connectivity index (χ1n) is 6.39. The van der Waals surface area contributed by atoms with Crippen molar-refractivity contribution in [2.75, 3.05) is 5.32 Å². The normalized spacial score (nSPS) is 11.8. The molecule has 0 fully saturated rings. The molecule has 1 heterocycles. The average Bonchev–Trinajstić information content (AvgIpc) is 2.97. The zero-order chi connectivity index (χ0) is 15.4. The summed E-state index contributed by atoms with van der Waals surface area (Å²) >= 11 is 0. The van der Waals surface area contributed by atoms with Gasteiger partial charge in [-0.3, -0.25) is 4.79 Å². The molecule has 0 saturated carbocycles. The van der Waals surface area contributed by atoms with Crippen LogP contribution >= 0.6 is 0 Å². The number of ether oxygens (including phenoxy) is 1. The number of amides is 1. The van der Waals surface area contributed by atoms with Gasteiger partial charge in [0, 0.05) is 11.9 Å². The Morgan fingerprint density at radius 3 is 2.71 bits per heavy atom. The van der Waals surface area contributed by atoms with Crippen LogP contribution in [-0.2, 0) is 9.53 Å². The number of halogens is 1. The largest absolute Gasteiger partial charge is 0.448 e. The van der Waals surface area contributed by atoms with Gasteiger partial charge in [0.05, 0.1) is 0 Å². The summed E-state index contributed by atoms with van der Waals surface area (Å²) in [5.74, 6) is -1.57. The number of anilines is 1. The maximum atomic E-state index is 13.4. The van der Waals surface area contributed by atoms with Crippen LogP contribution in [0.3, 0.4) is 0 Å². The van der Waals surface area contributed by atoms with E-state index in [1.165, 1.54) is 13.0 Å². The summed E-state index contributed by atoms with van der Waals surface area (Å²) in [6.07, 6.45) is 0.585. The monoisotopic (exact) mass is 290 g/mol. The minimum atomic E-state index is -0.995. The molecule has 2 rings (SSSR count). The number of aryl methyl sites for hydroxylation is 1. The fourth-order valence-corrected chi connectivity index (χ4v) is 1.65. The molecule has 110 valence electrons. The second-order valence-electron chi connectivity index (χ2n) is 4.58. The zero-order valence-electron chi connectivity index (χ0n) is 11.6. The molecule has 5 nitrogen and oxygen atoms in total. The van der Waals surface area contributed by atoms with E-state index in [0.717, 1.165) is 0 Å². The average molecular weight is 290 g/mol. The van der Waals surface area contributed by atoms with Gasteiger partial charge in [-0.15, -0.1) is 0 Å². The number of hydrogen-bond acceptors (Lipinski definition) is 3. The molecule has 0 aliphatic heterocycles. The number of rotatable bonds is 4. The highest BCUT2D eigenvalue weighted by atomic mass is 19.1. The number of nitrogens with one attached hydrogen (secondary N) is 2. The van der Waals surface area contributed by atoms with Gasteiger partial charge in [-0.1, -0.05) is 6.07 Å². The predicted molar refractivity (Wildman–Crippen MR) is 75.4 cm³/mol. The van der Waals surface area contributed by atoms with Gasteiger partial charge < -0.3 is 15.0 Å². The van der Waals surface area contributed by atoms with Gasteiger partial charge in [0.25, 0.3) is 5.91 Å². The standard InChI is InChI=1S/C15H15FN2O3/c1-9-5-6-11(8-12(9)16)18-14(19)10(2)21-15(20)13-4-3-7-17-13/h3-8,10,17H,1-2H3,(H,18,19)/t10-/m0/s1. The number of H-pyrrole nitrogens is 1. The smallest absolute Gasteiger partial charge is 0.355 e. The number of benzene rings is 1. The van der Waals surface area contributed by atoms with Crippen molar-refractivity contribution in [3.63, 3.8) is 0 Å². The predicted octanol–water partition coefficient (Wildman–Crippen LogP) is 2.65. The lowest BCUT2D eigenvalue weighted by Gasteiger charge is -2.13. The fourth-order valence-electron chi connectivity index (χ4n) is 1.65. The van der Waals surface area contributed by atoms with Crippen LogP contribution in [-0.4, -0.2) is 23.0 Å². The number of carbonyl (C=O) groups excluding carboxylic acids is 2. The molecule has 0 spiro atoms. The molecule has 0 unspecified atom stereocenters. The van der Waals surface area contributed by atoms with Crippen molar-refractivity contribution >= 4 is 17.6 Å². The van der Waals surface area contributed by atoms with Crippen LogP contribution in [0.1, 0.15) is 23.0 Å². The number of carbonyl (C=O) groups is 2. The summed E-state index contributed by atoms with van der Waals surface area (Å²) in [5.41, 5.74) is 1.06. The fraction of sp³-hybridized carbons (Fsp3) is 0.200. The first-order valence-corrected chi connectivity index (χ1v) is 6.39. The minimum Gasteiger partial charge on any atom is -0.448 e. The first kappa shape index (κ1) is 14.8. The third-order valence-corrected chi connectivity index (χ3v) is 2.91. The van der Waals surface area contributed by atoms with Crippen LogP contribution in [0.4, 0.5) is 10.1 Å². The molecule has 6 heteroatoms. The Bertz CT molecular complexity index is 653. The number of esters is 1. The summed E-state index contributed by atoms with van der Waals surface area (Å²) in [6, 6.07) is 7.54. The Hall–Kier alpha value is -2.63. The Balaban J connectivity index is 1.96. The van der Waals surface area contributed by atoms with Crippen molar-refractivity contribution in [1.82, 2.24) is 4.98 Å². The Morgan fingerprint density at radius 1 is 1.33 bits per heavy atom. The van der Waals surface area contributed by atoms with Crippen LogP contribution < -0.4 is 5.32 Å². The van der Waals surface area contributed by atoms with Crippen molar-refractivity contribution < 1.29 is 18.7 Å². The summed E-state index contributed by atoms with van der Waals surface area (Å²) in [7, 11) is 0. The Labute approximate surface area is 121 Å². The van der Waals surface area contributed by atoms with Gasteiger partial charge in [0.2, 0.25) is 0 Å². The van der Waals surface area contributed by atoms with Crippen LogP contribution in [0, 0.1) is 12.7 Å². The van der Waals surface area contributed by atoms with Crippen molar-refractivity contribution in [2.45, 2.75) is 20.0 Å². The van der Waals surface area contributed by atoms with Gasteiger partial charge >= 0.3 is 5.97 Å². The molecule has 2 N–H and O–H groups in total. The van der Waals surface area contributed by atoms with Gasteiger partial charge in [0.15, 0.2) is 6.10 Å². The summed E-state index contributed by atoms with van der Waals surface area (Å²) in [4.78, 5) is 26.3. The maximum Gasteiger partial charge on any atom is 0.355 e. The summed E-state index contributed by atoms with van der Waals surface area (Å²) in [5, 5.41) is 2.49. The molecule has 0 aliphatic rings. The molecule has 0 bridgehead atoms. The summed E-state index contributed by atoms with van der Waals surface area (Å²) in [6.45, 7) is 3.07. The third kappa shape index (κ3) is 3.68. The lowest BCUT2D eigenvalue weighted by molar-refractivity contribution is -0.123. The molecule has 2 aromatic rings. The van der Waals surface area contributed by atoms with Gasteiger partial charge in [-0.05, 0) is 43.7 Å². The first-order chi connectivity index (χ1) is 9.97. The summed E-state index contributed by atoms with van der Waals surface area (Å²) < 4.78 is 18.4. The van der Waals surface area contributed by atoms with Crippen LogP contribution in [0.25, 0.3) is 0 Å². The van der Waals surface area contributed by atoms with Crippen LogP contribution in [0.5, 0.6) is 0 Å². The second-order valence-corrected chi connectivity index (χ2v) is 4.58. The zero-order valence-corrected chi connectivity index (χ0v) is 11.6. The lowest BCUT2D eigenvalue weighted by atomic mass is 10.2. The van der Waals surface area contributed by atoms with Gasteiger partial charge in [-0.25, -0.2) is 9.18 Å². The molecule has 1 aromatic carbocycles.